The molecule has 0 atom stereocenters. The van der Waals surface area contributed by atoms with E-state index in [2.05, 4.69) is 10.3 Å². The monoisotopic (exact) mass is 254 g/mol. The maximum Gasteiger partial charge on any atom is 0.289 e. The van der Waals surface area contributed by atoms with Crippen LogP contribution in [-0.2, 0) is 0 Å². The molecule has 0 spiro atoms. The Bertz CT molecular complexity index is 677. The predicted octanol–water partition coefficient (Wildman–Crippen LogP) is 2.91. The van der Waals surface area contributed by atoms with Gasteiger partial charge in [0.05, 0.1) is 16.8 Å². The van der Waals surface area contributed by atoms with Gasteiger partial charge in [-0.1, -0.05) is 0 Å². The van der Waals surface area contributed by atoms with Crippen LogP contribution in [0.15, 0.2) is 36.7 Å². The van der Waals surface area contributed by atoms with Crippen LogP contribution in [0.2, 0.25) is 0 Å². The second kappa shape index (κ2) is 5.14. The van der Waals surface area contributed by atoms with Crippen molar-refractivity contribution in [2.75, 3.05) is 5.32 Å². The SMILES string of the molecule is Cc1ccncc1Nc1ccc(C#N)c([N+](=O)[O-])c1. The Labute approximate surface area is 109 Å². The molecule has 0 fully saturated rings. The first-order valence-electron chi connectivity index (χ1n) is 5.48. The highest BCUT2D eigenvalue weighted by Gasteiger charge is 2.14. The summed E-state index contributed by atoms with van der Waals surface area (Å²) in [5.74, 6) is 0. The van der Waals surface area contributed by atoms with Gasteiger partial charge in [0.25, 0.3) is 5.69 Å². The van der Waals surface area contributed by atoms with Crippen molar-refractivity contribution in [1.29, 1.82) is 5.26 Å². The molecule has 2 aromatic rings. The molecule has 6 heteroatoms. The molecule has 0 bridgehead atoms. The van der Waals surface area contributed by atoms with Crippen LogP contribution in [-0.4, -0.2) is 9.91 Å². The number of anilines is 2. The summed E-state index contributed by atoms with van der Waals surface area (Å²) in [4.78, 5) is 14.3. The number of aryl methyl sites for hydroxylation is 1. The smallest absolute Gasteiger partial charge is 0.289 e. The first kappa shape index (κ1) is 12.5. The fourth-order valence-corrected chi connectivity index (χ4v) is 1.61. The summed E-state index contributed by atoms with van der Waals surface area (Å²) in [5, 5.41) is 22.7. The number of hydrogen-bond donors (Lipinski definition) is 1. The van der Waals surface area contributed by atoms with Gasteiger partial charge in [0.15, 0.2) is 0 Å². The van der Waals surface area contributed by atoms with Crippen LogP contribution in [0.3, 0.4) is 0 Å². The molecule has 0 aliphatic heterocycles. The standard InChI is InChI=1S/C13H10N4O2/c1-9-4-5-15-8-12(9)16-11-3-2-10(7-14)13(6-11)17(18)19/h2-6,8,16H,1H3. The molecule has 0 saturated carbocycles. The Kier molecular flexibility index (Phi) is 3.39. The highest BCUT2D eigenvalue weighted by Crippen LogP contribution is 2.25. The first-order valence-corrected chi connectivity index (χ1v) is 5.48. The number of hydrogen-bond acceptors (Lipinski definition) is 5. The van der Waals surface area contributed by atoms with Gasteiger partial charge >= 0.3 is 0 Å². The largest absolute Gasteiger partial charge is 0.354 e. The van der Waals surface area contributed by atoms with Gasteiger partial charge in [-0.3, -0.25) is 15.1 Å². The lowest BCUT2D eigenvalue weighted by atomic mass is 10.1. The third kappa shape index (κ3) is 2.66. The lowest BCUT2D eigenvalue weighted by Gasteiger charge is -2.08. The van der Waals surface area contributed by atoms with Gasteiger partial charge in [-0.25, -0.2) is 0 Å². The molecule has 0 aliphatic rings. The van der Waals surface area contributed by atoms with Crippen molar-refractivity contribution >= 4 is 17.1 Å². The van der Waals surface area contributed by atoms with Crippen molar-refractivity contribution in [3.63, 3.8) is 0 Å². The average Bonchev–Trinajstić information content (AvgIpc) is 2.41. The van der Waals surface area contributed by atoms with E-state index in [1.807, 2.05) is 13.0 Å². The zero-order chi connectivity index (χ0) is 13.8. The third-order valence-corrected chi connectivity index (χ3v) is 2.63. The first-order chi connectivity index (χ1) is 9.11. The van der Waals surface area contributed by atoms with E-state index >= 15 is 0 Å². The summed E-state index contributed by atoms with van der Waals surface area (Å²) in [6, 6.07) is 8.02. The van der Waals surface area contributed by atoms with E-state index in [0.29, 0.717) is 5.69 Å². The van der Waals surface area contributed by atoms with Gasteiger partial charge in [-0.05, 0) is 30.7 Å². The summed E-state index contributed by atoms with van der Waals surface area (Å²) in [5.41, 5.74) is 2.11. The fraction of sp³-hybridized carbons (Fsp3) is 0.0769. The molecule has 0 unspecified atom stereocenters. The van der Waals surface area contributed by atoms with Gasteiger partial charge in [0, 0.05) is 18.0 Å². The van der Waals surface area contributed by atoms with Gasteiger partial charge < -0.3 is 5.32 Å². The summed E-state index contributed by atoms with van der Waals surface area (Å²) in [6.07, 6.45) is 3.31. The normalized spacial score (nSPS) is 9.68. The molecule has 1 N–H and O–H groups in total. The molecular weight excluding hydrogens is 244 g/mol. The molecule has 19 heavy (non-hydrogen) atoms. The average molecular weight is 254 g/mol. The molecule has 0 radical (unpaired) electrons. The maximum absolute atomic E-state index is 10.9. The highest BCUT2D eigenvalue weighted by atomic mass is 16.6. The van der Waals surface area contributed by atoms with Crippen molar-refractivity contribution in [3.8, 4) is 6.07 Å². The van der Waals surface area contributed by atoms with Crippen LogP contribution in [0.25, 0.3) is 0 Å². The van der Waals surface area contributed by atoms with E-state index in [1.54, 1.807) is 24.5 Å². The highest BCUT2D eigenvalue weighted by molar-refractivity contribution is 5.66. The third-order valence-electron chi connectivity index (χ3n) is 2.63. The van der Waals surface area contributed by atoms with E-state index < -0.39 is 4.92 Å². The quantitative estimate of drug-likeness (QED) is 0.671. The second-order valence-corrected chi connectivity index (χ2v) is 3.92. The minimum atomic E-state index is -0.570. The molecule has 0 aliphatic carbocycles. The number of nitrogens with zero attached hydrogens (tertiary/aromatic N) is 3. The van der Waals surface area contributed by atoms with Crippen molar-refractivity contribution in [2.24, 2.45) is 0 Å². The van der Waals surface area contributed by atoms with Gasteiger partial charge in [0.1, 0.15) is 11.6 Å². The van der Waals surface area contributed by atoms with Crippen molar-refractivity contribution in [3.05, 3.63) is 57.9 Å². The van der Waals surface area contributed by atoms with Gasteiger partial charge in [0.2, 0.25) is 0 Å². The molecule has 6 nitrogen and oxygen atoms in total. The molecule has 1 heterocycles. The number of nitrogens with one attached hydrogen (secondary N) is 1. The minimum absolute atomic E-state index is 0.0402. The van der Waals surface area contributed by atoms with Crippen LogP contribution >= 0.6 is 0 Å². The lowest BCUT2D eigenvalue weighted by Crippen LogP contribution is -1.97. The maximum atomic E-state index is 10.9. The number of benzene rings is 1. The minimum Gasteiger partial charge on any atom is -0.354 e. The fourth-order valence-electron chi connectivity index (χ4n) is 1.61. The Morgan fingerprint density at radius 3 is 2.84 bits per heavy atom. The molecular formula is C13H10N4O2. The van der Waals surface area contributed by atoms with Crippen LogP contribution < -0.4 is 5.32 Å². The zero-order valence-electron chi connectivity index (χ0n) is 10.1. The molecule has 1 aromatic heterocycles. The summed E-state index contributed by atoms with van der Waals surface area (Å²) in [7, 11) is 0. The summed E-state index contributed by atoms with van der Waals surface area (Å²) < 4.78 is 0. The Balaban J connectivity index is 2.38. The molecule has 0 saturated heterocycles. The summed E-state index contributed by atoms with van der Waals surface area (Å²) in [6.45, 7) is 1.90. The lowest BCUT2D eigenvalue weighted by molar-refractivity contribution is -0.385. The number of nitro benzene ring substituents is 1. The van der Waals surface area contributed by atoms with E-state index in [4.69, 9.17) is 5.26 Å². The Morgan fingerprint density at radius 2 is 2.21 bits per heavy atom. The van der Waals surface area contributed by atoms with E-state index in [1.165, 1.54) is 12.1 Å². The zero-order valence-corrected chi connectivity index (χ0v) is 10.1. The van der Waals surface area contributed by atoms with Crippen molar-refractivity contribution < 1.29 is 4.92 Å². The number of nitriles is 1. The molecule has 0 amide bonds. The summed E-state index contributed by atoms with van der Waals surface area (Å²) >= 11 is 0. The number of rotatable bonds is 3. The van der Waals surface area contributed by atoms with Crippen LogP contribution in [0.1, 0.15) is 11.1 Å². The van der Waals surface area contributed by atoms with Crippen LogP contribution in [0.4, 0.5) is 17.1 Å². The van der Waals surface area contributed by atoms with Crippen molar-refractivity contribution in [1.82, 2.24) is 4.98 Å². The predicted molar refractivity (Wildman–Crippen MR) is 70.1 cm³/mol. The van der Waals surface area contributed by atoms with Gasteiger partial charge in [-0.2, -0.15) is 5.26 Å². The van der Waals surface area contributed by atoms with E-state index in [0.717, 1.165) is 11.3 Å². The van der Waals surface area contributed by atoms with E-state index in [9.17, 15) is 10.1 Å². The van der Waals surface area contributed by atoms with Gasteiger partial charge in [-0.15, -0.1) is 0 Å². The second-order valence-electron chi connectivity index (χ2n) is 3.92. The van der Waals surface area contributed by atoms with Crippen molar-refractivity contribution in [2.45, 2.75) is 6.92 Å². The Morgan fingerprint density at radius 1 is 1.42 bits per heavy atom. The van der Waals surface area contributed by atoms with Crippen LogP contribution in [0.5, 0.6) is 0 Å². The molecule has 94 valence electrons. The van der Waals surface area contributed by atoms with Crippen LogP contribution in [0, 0.1) is 28.4 Å². The number of pyridine rings is 1. The number of aromatic nitrogens is 1. The van der Waals surface area contributed by atoms with E-state index in [-0.39, 0.29) is 11.3 Å². The topological polar surface area (TPSA) is 91.8 Å². The molecule has 1 aromatic carbocycles. The molecule has 2 rings (SSSR count). The Hall–Kier alpha value is -2.94. The number of nitro groups is 1.